The van der Waals surface area contributed by atoms with Crippen LogP contribution in [0.3, 0.4) is 0 Å². The van der Waals surface area contributed by atoms with E-state index in [-0.39, 0.29) is 5.78 Å². The van der Waals surface area contributed by atoms with Crippen LogP contribution in [0.4, 0.5) is 0 Å². The molecule has 2 rings (SSSR count). The first kappa shape index (κ1) is 12.6. The van der Waals surface area contributed by atoms with Gasteiger partial charge in [0.25, 0.3) is 0 Å². The van der Waals surface area contributed by atoms with Crippen LogP contribution >= 0.6 is 0 Å². The van der Waals surface area contributed by atoms with Crippen molar-refractivity contribution in [3.05, 3.63) is 11.8 Å². The van der Waals surface area contributed by atoms with Crippen LogP contribution < -0.4 is 0 Å². The normalized spacial score (nSPS) is 33.8. The molecule has 0 radical (unpaired) electrons. The smallest absolute Gasteiger partial charge is 0.228 e. The van der Waals surface area contributed by atoms with Crippen molar-refractivity contribution in [3.63, 3.8) is 0 Å². The highest BCUT2D eigenvalue weighted by Crippen LogP contribution is 2.37. The lowest BCUT2D eigenvalue weighted by Crippen LogP contribution is -2.46. The Morgan fingerprint density at radius 2 is 2.35 bits per heavy atom. The molecule has 1 saturated carbocycles. The van der Waals surface area contributed by atoms with Crippen LogP contribution in [0.5, 0.6) is 0 Å². The minimum absolute atomic E-state index is 0.0613. The van der Waals surface area contributed by atoms with Gasteiger partial charge in [0.1, 0.15) is 5.60 Å². The molecule has 2 atom stereocenters. The summed E-state index contributed by atoms with van der Waals surface area (Å²) < 4.78 is 11.1. The average Bonchev–Trinajstić information content (AvgIpc) is 2.38. The quantitative estimate of drug-likeness (QED) is 0.758. The highest BCUT2D eigenvalue weighted by molar-refractivity contribution is 6.00. The van der Waals surface area contributed by atoms with Crippen LogP contribution in [0.25, 0.3) is 0 Å². The SMILES string of the molecule is COC1(C(=O)C2=CCCCO2)CCCC(C)C1. The summed E-state index contributed by atoms with van der Waals surface area (Å²) in [6.07, 6.45) is 7.78. The molecule has 0 spiro atoms. The minimum Gasteiger partial charge on any atom is -0.490 e. The molecule has 0 aromatic rings. The zero-order valence-electron chi connectivity index (χ0n) is 10.8. The van der Waals surface area contributed by atoms with Crippen molar-refractivity contribution < 1.29 is 14.3 Å². The topological polar surface area (TPSA) is 35.5 Å². The first-order valence-corrected chi connectivity index (χ1v) is 6.61. The van der Waals surface area contributed by atoms with Crippen molar-refractivity contribution >= 4 is 5.78 Å². The molecule has 2 aliphatic rings. The summed E-state index contributed by atoms with van der Waals surface area (Å²) in [6, 6.07) is 0. The fourth-order valence-electron chi connectivity index (χ4n) is 2.93. The third-order valence-electron chi connectivity index (χ3n) is 3.92. The highest BCUT2D eigenvalue weighted by Gasteiger charge is 2.44. The van der Waals surface area contributed by atoms with Gasteiger partial charge in [-0.2, -0.15) is 0 Å². The maximum Gasteiger partial charge on any atom is 0.228 e. The van der Waals surface area contributed by atoms with Crippen LogP contribution in [0.15, 0.2) is 11.8 Å². The van der Waals surface area contributed by atoms with E-state index in [0.29, 0.717) is 18.3 Å². The number of ketones is 1. The molecule has 1 heterocycles. The standard InChI is InChI=1S/C14H22O3/c1-11-6-5-8-14(10-11,16-2)13(15)12-7-3-4-9-17-12/h7,11H,3-6,8-10H2,1-2H3. The van der Waals surface area contributed by atoms with E-state index in [1.54, 1.807) is 7.11 Å². The summed E-state index contributed by atoms with van der Waals surface area (Å²) in [4.78, 5) is 12.5. The maximum absolute atomic E-state index is 12.5. The van der Waals surface area contributed by atoms with E-state index in [0.717, 1.165) is 32.1 Å². The first-order valence-electron chi connectivity index (χ1n) is 6.61. The van der Waals surface area contributed by atoms with Crippen molar-refractivity contribution in [2.24, 2.45) is 5.92 Å². The lowest BCUT2D eigenvalue weighted by atomic mass is 9.75. The monoisotopic (exact) mass is 238 g/mol. The van der Waals surface area contributed by atoms with E-state index < -0.39 is 5.60 Å². The molecule has 96 valence electrons. The molecule has 0 aromatic heterocycles. The van der Waals surface area contributed by atoms with E-state index in [1.165, 1.54) is 6.42 Å². The van der Waals surface area contributed by atoms with Crippen LogP contribution in [-0.4, -0.2) is 25.1 Å². The lowest BCUT2D eigenvalue weighted by Gasteiger charge is -2.38. The molecule has 3 nitrogen and oxygen atoms in total. The minimum atomic E-state index is -0.624. The molecule has 0 amide bonds. The van der Waals surface area contributed by atoms with Gasteiger partial charge in [-0.3, -0.25) is 4.79 Å². The van der Waals surface area contributed by atoms with E-state index in [1.807, 2.05) is 6.08 Å². The second kappa shape index (κ2) is 5.21. The number of ether oxygens (including phenoxy) is 2. The zero-order chi connectivity index (χ0) is 12.3. The summed E-state index contributed by atoms with van der Waals surface area (Å²) in [6.45, 7) is 2.85. The number of rotatable bonds is 3. The van der Waals surface area contributed by atoms with Crippen molar-refractivity contribution in [1.29, 1.82) is 0 Å². The van der Waals surface area contributed by atoms with Gasteiger partial charge in [-0.25, -0.2) is 0 Å². The van der Waals surface area contributed by atoms with Crippen molar-refractivity contribution in [2.45, 2.75) is 51.0 Å². The van der Waals surface area contributed by atoms with Gasteiger partial charge in [0.05, 0.1) is 6.61 Å². The summed E-state index contributed by atoms with van der Waals surface area (Å²) in [5, 5.41) is 0. The predicted octanol–water partition coefficient (Wildman–Crippen LogP) is 2.85. The highest BCUT2D eigenvalue weighted by atomic mass is 16.5. The van der Waals surface area contributed by atoms with Gasteiger partial charge in [0.2, 0.25) is 5.78 Å². The van der Waals surface area contributed by atoms with Crippen LogP contribution in [0, 0.1) is 5.92 Å². The molecule has 3 heteroatoms. The molecule has 17 heavy (non-hydrogen) atoms. The Hall–Kier alpha value is -0.830. The fraction of sp³-hybridized carbons (Fsp3) is 0.786. The van der Waals surface area contributed by atoms with Gasteiger partial charge in [-0.05, 0) is 44.1 Å². The summed E-state index contributed by atoms with van der Waals surface area (Å²) >= 11 is 0. The Balaban J connectivity index is 2.16. The largest absolute Gasteiger partial charge is 0.490 e. The van der Waals surface area contributed by atoms with Crippen LogP contribution in [0.2, 0.25) is 0 Å². The van der Waals surface area contributed by atoms with Gasteiger partial charge >= 0.3 is 0 Å². The first-order chi connectivity index (χ1) is 8.18. The second-order valence-electron chi connectivity index (χ2n) is 5.29. The summed E-state index contributed by atoms with van der Waals surface area (Å²) in [5.41, 5.74) is -0.624. The summed E-state index contributed by atoms with van der Waals surface area (Å²) in [5.74, 6) is 1.15. The van der Waals surface area contributed by atoms with Gasteiger partial charge < -0.3 is 9.47 Å². The van der Waals surface area contributed by atoms with Gasteiger partial charge in [0, 0.05) is 7.11 Å². The van der Waals surface area contributed by atoms with Crippen molar-refractivity contribution in [3.8, 4) is 0 Å². The number of allylic oxidation sites excluding steroid dienone is 1. The molecule has 1 aliphatic heterocycles. The van der Waals surface area contributed by atoms with Gasteiger partial charge in [0.15, 0.2) is 5.76 Å². The Labute approximate surface area is 103 Å². The molecule has 1 fully saturated rings. The van der Waals surface area contributed by atoms with E-state index in [4.69, 9.17) is 9.47 Å². The molecular weight excluding hydrogens is 216 g/mol. The molecule has 2 unspecified atom stereocenters. The van der Waals surface area contributed by atoms with Crippen molar-refractivity contribution in [1.82, 2.24) is 0 Å². The van der Waals surface area contributed by atoms with E-state index in [2.05, 4.69) is 6.92 Å². The number of hydrogen-bond acceptors (Lipinski definition) is 3. The molecular formula is C14H22O3. The fourth-order valence-corrected chi connectivity index (χ4v) is 2.93. The number of Topliss-reactive ketones (excluding diaryl/α,β-unsaturated/α-hetero) is 1. The van der Waals surface area contributed by atoms with E-state index in [9.17, 15) is 4.79 Å². The Bertz CT molecular complexity index is 321. The Kier molecular flexibility index (Phi) is 3.87. The lowest BCUT2D eigenvalue weighted by molar-refractivity contribution is -0.146. The second-order valence-corrected chi connectivity index (χ2v) is 5.29. The number of carbonyl (C=O) groups is 1. The summed E-state index contributed by atoms with van der Waals surface area (Å²) in [7, 11) is 1.65. The number of carbonyl (C=O) groups excluding carboxylic acids is 1. The van der Waals surface area contributed by atoms with Crippen molar-refractivity contribution in [2.75, 3.05) is 13.7 Å². The molecule has 0 saturated heterocycles. The molecule has 0 bridgehead atoms. The molecule has 0 N–H and O–H groups in total. The zero-order valence-corrected chi connectivity index (χ0v) is 10.8. The number of hydrogen-bond donors (Lipinski definition) is 0. The molecule has 1 aliphatic carbocycles. The third kappa shape index (κ3) is 2.54. The molecule has 0 aromatic carbocycles. The number of methoxy groups -OCH3 is 1. The third-order valence-corrected chi connectivity index (χ3v) is 3.92. The van der Waals surface area contributed by atoms with Crippen LogP contribution in [0.1, 0.15) is 45.4 Å². The Morgan fingerprint density at radius 1 is 1.53 bits per heavy atom. The predicted molar refractivity (Wildman–Crippen MR) is 65.6 cm³/mol. The van der Waals surface area contributed by atoms with E-state index >= 15 is 0 Å². The average molecular weight is 238 g/mol. The van der Waals surface area contributed by atoms with Gasteiger partial charge in [-0.15, -0.1) is 0 Å². The van der Waals surface area contributed by atoms with Crippen LogP contribution in [-0.2, 0) is 14.3 Å². The van der Waals surface area contributed by atoms with Gasteiger partial charge in [-0.1, -0.05) is 13.3 Å². The Morgan fingerprint density at radius 3 is 2.94 bits per heavy atom. The maximum atomic E-state index is 12.5.